The summed E-state index contributed by atoms with van der Waals surface area (Å²) >= 11 is 8.08. The Labute approximate surface area is 316 Å². The van der Waals surface area contributed by atoms with E-state index in [1.54, 1.807) is 30.0 Å². The molecule has 0 fully saturated rings. The van der Waals surface area contributed by atoms with E-state index < -0.39 is 12.0 Å². The van der Waals surface area contributed by atoms with Crippen molar-refractivity contribution in [3.05, 3.63) is 154 Å². The first-order valence-corrected chi connectivity index (χ1v) is 18.3. The van der Waals surface area contributed by atoms with Crippen LogP contribution in [0.15, 0.2) is 126 Å². The summed E-state index contributed by atoms with van der Waals surface area (Å²) in [5.74, 6) is -0.683. The molecule has 7 rings (SSSR count). The largest absolute Gasteiger partial charge is 2.00 e. The topological polar surface area (TPSA) is 84.1 Å². The van der Waals surface area contributed by atoms with Gasteiger partial charge in [-0.25, -0.2) is 4.79 Å². The number of nitrogens with zero attached hydrogens (tertiary/aromatic N) is 3. The van der Waals surface area contributed by atoms with Crippen molar-refractivity contribution in [3.63, 3.8) is 0 Å². The maximum absolute atomic E-state index is 13.9. The van der Waals surface area contributed by atoms with Gasteiger partial charge in [0.25, 0.3) is 0 Å². The van der Waals surface area contributed by atoms with Crippen LogP contribution in [0, 0.1) is 0 Å². The first kappa shape index (κ1) is 36.3. The molecule has 6 nitrogen and oxygen atoms in total. The smallest absolute Gasteiger partial charge is 0.625 e. The Balaban J connectivity index is 0.00000448. The van der Waals surface area contributed by atoms with Crippen LogP contribution in [0.25, 0.3) is 38.0 Å². The molecule has 258 valence electrons. The number of hydrogen-bond donors (Lipinski definition) is 1. The maximum Gasteiger partial charge on any atom is 2.00 e. The van der Waals surface area contributed by atoms with Crippen molar-refractivity contribution in [1.29, 1.82) is 0 Å². The Morgan fingerprint density at radius 1 is 0.824 bits per heavy atom. The first-order valence-electron chi connectivity index (χ1n) is 16.5. The minimum absolute atomic E-state index is 0. The standard InChI is InChI=1S/C42H36ClN3O3S.Ni/c1-50-22-21-37(42(48)49)45-41(29-11-3-2-4-12-29)35-23-32(43)19-20-36(35)44-38(47)26-46-24-30-17-15-27-9-5-7-13-33(27)39(30)40-31(25-46)18-16-28-10-6-8-14-34(28)40;/h2-20,23,37H,21-22,24-26H2,1H3,(H2,44,45,47,48,49);/q;+2/p-1/t37-;/m1./s1. The van der Waals surface area contributed by atoms with Crippen molar-refractivity contribution >= 4 is 68.2 Å². The van der Waals surface area contributed by atoms with E-state index in [0.717, 1.165) is 11.1 Å². The molecule has 6 aromatic rings. The molecule has 0 bridgehead atoms. The fourth-order valence-electron chi connectivity index (χ4n) is 6.82. The second-order valence-electron chi connectivity index (χ2n) is 12.4. The van der Waals surface area contributed by atoms with E-state index in [0.29, 0.717) is 52.8 Å². The third-order valence-electron chi connectivity index (χ3n) is 9.10. The first-order chi connectivity index (χ1) is 24.4. The van der Waals surface area contributed by atoms with Crippen LogP contribution in [0.1, 0.15) is 28.7 Å². The number of amides is 1. The minimum atomic E-state index is -1.01. The van der Waals surface area contributed by atoms with Crippen LogP contribution >= 0.6 is 23.4 Å². The number of carboxylic acid groups (broad SMARTS) is 1. The molecule has 1 heterocycles. The SMILES string of the molecule is CSCC[C@@H](N=C(c1ccccc1)c1cc(Cl)ccc1[N-]C(=O)CN1Cc2ccc3ccccc3c2-c2c(ccc3ccccc23)C1)C(=O)O.[Ni+2]. The molecule has 1 amide bonds. The number of benzene rings is 6. The van der Waals surface area contributed by atoms with Crippen LogP contribution in [-0.4, -0.2) is 52.2 Å². The second kappa shape index (κ2) is 16.3. The third-order valence-corrected chi connectivity index (χ3v) is 9.98. The number of hydrogen-bond acceptors (Lipinski definition) is 5. The van der Waals surface area contributed by atoms with Gasteiger partial charge in [0.2, 0.25) is 0 Å². The van der Waals surface area contributed by atoms with Crippen molar-refractivity contribution in [2.24, 2.45) is 4.99 Å². The van der Waals surface area contributed by atoms with Crippen LogP contribution in [0.2, 0.25) is 5.02 Å². The summed E-state index contributed by atoms with van der Waals surface area (Å²) in [4.78, 5) is 33.1. The zero-order chi connectivity index (χ0) is 34.6. The average molecular weight is 756 g/mol. The monoisotopic (exact) mass is 754 g/mol. The second-order valence-corrected chi connectivity index (χ2v) is 13.9. The molecular weight excluding hydrogens is 721 g/mol. The Kier molecular flexibility index (Phi) is 11.6. The molecule has 0 unspecified atom stereocenters. The summed E-state index contributed by atoms with van der Waals surface area (Å²) in [7, 11) is 0. The van der Waals surface area contributed by atoms with Gasteiger partial charge in [-0.05, 0) is 79.9 Å². The van der Waals surface area contributed by atoms with E-state index in [9.17, 15) is 14.7 Å². The Morgan fingerprint density at radius 3 is 2.00 bits per heavy atom. The third kappa shape index (κ3) is 7.90. The van der Waals surface area contributed by atoms with Crippen LogP contribution in [0.4, 0.5) is 5.69 Å². The number of thioether (sulfide) groups is 1. The summed E-state index contributed by atoms with van der Waals surface area (Å²) < 4.78 is 0. The minimum Gasteiger partial charge on any atom is -0.625 e. The van der Waals surface area contributed by atoms with E-state index in [-0.39, 0.29) is 28.9 Å². The van der Waals surface area contributed by atoms with Gasteiger partial charge in [0.05, 0.1) is 11.6 Å². The van der Waals surface area contributed by atoms with Gasteiger partial charge in [-0.3, -0.25) is 9.89 Å². The number of carbonyl (C=O) groups is 2. The van der Waals surface area contributed by atoms with Crippen molar-refractivity contribution in [2.45, 2.75) is 25.6 Å². The van der Waals surface area contributed by atoms with E-state index >= 15 is 0 Å². The number of aliphatic carboxylic acids is 1. The molecule has 0 saturated carbocycles. The Morgan fingerprint density at radius 2 is 1.41 bits per heavy atom. The molecule has 6 aromatic carbocycles. The normalized spacial score (nSPS) is 13.5. The molecular formula is C42H35ClN3NiO3S+. The molecule has 9 heteroatoms. The number of rotatable bonds is 10. The van der Waals surface area contributed by atoms with Gasteiger partial charge in [0, 0.05) is 30.2 Å². The van der Waals surface area contributed by atoms with Gasteiger partial charge >= 0.3 is 22.5 Å². The van der Waals surface area contributed by atoms with E-state index in [1.165, 1.54) is 32.7 Å². The van der Waals surface area contributed by atoms with Crippen LogP contribution in [0.5, 0.6) is 0 Å². The van der Waals surface area contributed by atoms with Crippen molar-refractivity contribution in [3.8, 4) is 11.1 Å². The predicted octanol–water partition coefficient (Wildman–Crippen LogP) is 9.90. The summed E-state index contributed by atoms with van der Waals surface area (Å²) in [5.41, 5.74) is 6.78. The summed E-state index contributed by atoms with van der Waals surface area (Å²) in [6, 6.07) is 39.1. The van der Waals surface area contributed by atoms with E-state index in [2.05, 4.69) is 83.0 Å². The van der Waals surface area contributed by atoms with Crippen LogP contribution in [0.3, 0.4) is 0 Å². The van der Waals surface area contributed by atoms with Gasteiger partial charge < -0.3 is 15.2 Å². The zero-order valence-electron chi connectivity index (χ0n) is 27.9. The molecule has 1 N–H and O–H groups in total. The number of fused-ring (bicyclic) bond motifs is 7. The predicted molar refractivity (Wildman–Crippen MR) is 207 cm³/mol. The summed E-state index contributed by atoms with van der Waals surface area (Å²) in [6.45, 7) is 1.23. The van der Waals surface area contributed by atoms with Gasteiger partial charge in [0.15, 0.2) is 0 Å². The zero-order valence-corrected chi connectivity index (χ0v) is 30.4. The van der Waals surface area contributed by atoms with E-state index in [1.807, 2.05) is 36.6 Å². The van der Waals surface area contributed by atoms with E-state index in [4.69, 9.17) is 16.6 Å². The molecule has 1 aliphatic rings. The molecule has 0 aromatic heterocycles. The summed E-state index contributed by atoms with van der Waals surface area (Å²) in [5, 5.41) is 19.8. The maximum atomic E-state index is 13.9. The average Bonchev–Trinajstić information content (AvgIpc) is 3.29. The van der Waals surface area contributed by atoms with Gasteiger partial charge in [-0.1, -0.05) is 121 Å². The van der Waals surface area contributed by atoms with Crippen molar-refractivity contribution in [1.82, 2.24) is 4.90 Å². The van der Waals surface area contributed by atoms with Gasteiger partial charge in [-0.15, -0.1) is 5.69 Å². The van der Waals surface area contributed by atoms with Crippen molar-refractivity contribution in [2.75, 3.05) is 18.6 Å². The molecule has 0 saturated heterocycles. The Hall–Kier alpha value is -4.46. The van der Waals surface area contributed by atoms with Crippen LogP contribution < -0.4 is 0 Å². The number of carbonyl (C=O) groups excluding carboxylic acids is 1. The number of aliphatic imine (C=N–C) groups is 1. The molecule has 0 radical (unpaired) electrons. The fraction of sp³-hybridized carbons (Fsp3) is 0.167. The van der Waals surface area contributed by atoms with Crippen LogP contribution in [-0.2, 0) is 39.2 Å². The van der Waals surface area contributed by atoms with Crippen molar-refractivity contribution < 1.29 is 31.2 Å². The quantitative estimate of drug-likeness (QED) is 0.111. The summed E-state index contributed by atoms with van der Waals surface area (Å²) in [6.07, 6.45) is 2.30. The molecule has 1 atom stereocenters. The van der Waals surface area contributed by atoms with Gasteiger partial charge in [-0.2, -0.15) is 11.8 Å². The molecule has 0 aliphatic carbocycles. The molecule has 51 heavy (non-hydrogen) atoms. The number of carboxylic acids is 1. The Bertz CT molecular complexity index is 2180. The molecule has 1 aliphatic heterocycles. The number of halogens is 1. The van der Waals surface area contributed by atoms with Gasteiger partial charge in [0.1, 0.15) is 6.04 Å². The molecule has 0 spiro atoms. The fourth-order valence-corrected chi connectivity index (χ4v) is 7.45.